The van der Waals surface area contributed by atoms with E-state index < -0.39 is 9.84 Å². The molecule has 3 N–H and O–H groups in total. The standard InChI is InChI=1S/C12H18N4O2S3/c1-3-6-21(17,18)10-11(13)16-20-12(10)14-5-4-9-15-8(2)7-19-9/h7,14H,3-6H2,1-2H3,(H2,13,16). The predicted molar refractivity (Wildman–Crippen MR) is 87.9 cm³/mol. The van der Waals surface area contributed by atoms with Crippen LogP contribution in [0, 0.1) is 6.92 Å². The van der Waals surface area contributed by atoms with E-state index in [1.807, 2.05) is 19.2 Å². The summed E-state index contributed by atoms with van der Waals surface area (Å²) < 4.78 is 28.4. The first kappa shape index (κ1) is 16.2. The SMILES string of the molecule is CCCS(=O)(=O)c1c(N)nsc1NCCc1nc(C)cs1. The molecule has 2 heterocycles. The Kier molecular flexibility index (Phi) is 5.17. The van der Waals surface area contributed by atoms with Gasteiger partial charge in [0.05, 0.1) is 10.8 Å². The number of rotatable bonds is 7. The average molecular weight is 347 g/mol. The first-order valence-corrected chi connectivity index (χ1v) is 9.87. The fourth-order valence-electron chi connectivity index (χ4n) is 1.88. The number of nitrogens with two attached hydrogens (primary N) is 1. The van der Waals surface area contributed by atoms with E-state index in [4.69, 9.17) is 5.73 Å². The second kappa shape index (κ2) is 6.71. The second-order valence-corrected chi connectivity index (χ2v) is 8.37. The third kappa shape index (κ3) is 3.92. The third-order valence-electron chi connectivity index (χ3n) is 2.75. The molecule has 2 aromatic heterocycles. The number of anilines is 2. The maximum atomic E-state index is 12.2. The van der Waals surface area contributed by atoms with E-state index in [1.165, 1.54) is 0 Å². The fourth-order valence-corrected chi connectivity index (χ4v) is 5.30. The van der Waals surface area contributed by atoms with Crippen molar-refractivity contribution in [1.82, 2.24) is 9.36 Å². The first-order valence-electron chi connectivity index (χ1n) is 6.57. The van der Waals surface area contributed by atoms with Crippen molar-refractivity contribution in [3.05, 3.63) is 16.1 Å². The Morgan fingerprint density at radius 1 is 1.43 bits per heavy atom. The molecule has 116 valence electrons. The maximum Gasteiger partial charge on any atom is 0.185 e. The van der Waals surface area contributed by atoms with E-state index in [1.54, 1.807) is 11.3 Å². The van der Waals surface area contributed by atoms with E-state index in [0.717, 1.165) is 28.7 Å². The Hall–Kier alpha value is -1.19. The number of nitrogens with zero attached hydrogens (tertiary/aromatic N) is 2. The van der Waals surface area contributed by atoms with Crippen LogP contribution in [0.2, 0.25) is 0 Å². The van der Waals surface area contributed by atoms with Gasteiger partial charge in [-0.2, -0.15) is 4.37 Å². The molecular weight excluding hydrogens is 328 g/mol. The van der Waals surface area contributed by atoms with Gasteiger partial charge in [-0.05, 0) is 24.9 Å². The number of aromatic nitrogens is 2. The van der Waals surface area contributed by atoms with Gasteiger partial charge in [0.1, 0.15) is 9.90 Å². The van der Waals surface area contributed by atoms with Gasteiger partial charge in [0, 0.05) is 24.0 Å². The van der Waals surface area contributed by atoms with E-state index in [0.29, 0.717) is 18.0 Å². The van der Waals surface area contributed by atoms with Crippen LogP contribution in [0.25, 0.3) is 0 Å². The van der Waals surface area contributed by atoms with Crippen LogP contribution < -0.4 is 11.1 Å². The predicted octanol–water partition coefficient (Wildman–Crippen LogP) is 2.33. The summed E-state index contributed by atoms with van der Waals surface area (Å²) in [5, 5.41) is 6.66. The van der Waals surface area contributed by atoms with E-state index in [2.05, 4.69) is 14.7 Å². The summed E-state index contributed by atoms with van der Waals surface area (Å²) in [6.45, 7) is 4.38. The summed E-state index contributed by atoms with van der Waals surface area (Å²) in [5.74, 6) is 0.164. The van der Waals surface area contributed by atoms with Crippen molar-refractivity contribution >= 4 is 43.5 Å². The maximum absolute atomic E-state index is 12.2. The van der Waals surface area contributed by atoms with Gasteiger partial charge in [-0.1, -0.05) is 6.92 Å². The molecule has 0 spiro atoms. The number of nitrogen functional groups attached to an aromatic ring is 1. The molecule has 0 aromatic carbocycles. The summed E-state index contributed by atoms with van der Waals surface area (Å²) in [5.41, 5.74) is 6.72. The molecule has 0 atom stereocenters. The molecular formula is C12H18N4O2S3. The number of hydrogen-bond donors (Lipinski definition) is 2. The smallest absolute Gasteiger partial charge is 0.185 e. The van der Waals surface area contributed by atoms with Crippen molar-refractivity contribution in [3.8, 4) is 0 Å². The Labute approximate surface area is 132 Å². The van der Waals surface area contributed by atoms with Crippen LogP contribution in [0.1, 0.15) is 24.0 Å². The highest BCUT2D eigenvalue weighted by Crippen LogP contribution is 2.32. The molecule has 0 amide bonds. The molecule has 0 bridgehead atoms. The average Bonchev–Trinajstić information content (AvgIpc) is 2.96. The number of nitrogens with one attached hydrogen (secondary N) is 1. The highest BCUT2D eigenvalue weighted by Gasteiger charge is 2.24. The molecule has 0 fully saturated rings. The molecule has 0 aliphatic carbocycles. The van der Waals surface area contributed by atoms with Gasteiger partial charge in [0.25, 0.3) is 0 Å². The topological polar surface area (TPSA) is 98.0 Å². The van der Waals surface area contributed by atoms with Gasteiger partial charge < -0.3 is 11.1 Å². The molecule has 21 heavy (non-hydrogen) atoms. The molecule has 0 saturated carbocycles. The molecule has 9 heteroatoms. The van der Waals surface area contributed by atoms with E-state index >= 15 is 0 Å². The minimum atomic E-state index is -3.37. The Morgan fingerprint density at radius 3 is 2.81 bits per heavy atom. The van der Waals surface area contributed by atoms with Crippen LogP contribution >= 0.6 is 22.9 Å². The zero-order valence-electron chi connectivity index (χ0n) is 11.9. The Morgan fingerprint density at radius 2 is 2.19 bits per heavy atom. The Balaban J connectivity index is 2.07. The summed E-state index contributed by atoms with van der Waals surface area (Å²) >= 11 is 2.69. The van der Waals surface area contributed by atoms with Crippen LogP contribution in [-0.4, -0.2) is 30.1 Å². The van der Waals surface area contributed by atoms with Gasteiger partial charge in [-0.3, -0.25) is 0 Å². The summed E-state index contributed by atoms with van der Waals surface area (Å²) in [6, 6.07) is 0. The molecule has 0 unspecified atom stereocenters. The van der Waals surface area contributed by atoms with Crippen molar-refractivity contribution in [1.29, 1.82) is 0 Å². The lowest BCUT2D eigenvalue weighted by atomic mass is 10.4. The van der Waals surface area contributed by atoms with Gasteiger partial charge in [0.15, 0.2) is 15.7 Å². The van der Waals surface area contributed by atoms with Crippen molar-refractivity contribution < 1.29 is 8.42 Å². The largest absolute Gasteiger partial charge is 0.382 e. The zero-order valence-corrected chi connectivity index (χ0v) is 14.4. The second-order valence-electron chi connectivity index (χ2n) is 4.60. The molecule has 6 nitrogen and oxygen atoms in total. The highest BCUT2D eigenvalue weighted by atomic mass is 32.2. The van der Waals surface area contributed by atoms with Gasteiger partial charge in [-0.15, -0.1) is 11.3 Å². The van der Waals surface area contributed by atoms with Gasteiger partial charge >= 0.3 is 0 Å². The molecule has 0 radical (unpaired) electrons. The van der Waals surface area contributed by atoms with Crippen molar-refractivity contribution in [2.45, 2.75) is 31.6 Å². The van der Waals surface area contributed by atoms with Crippen molar-refractivity contribution in [2.75, 3.05) is 23.3 Å². The fraction of sp³-hybridized carbons (Fsp3) is 0.500. The lowest BCUT2D eigenvalue weighted by Gasteiger charge is -2.06. The van der Waals surface area contributed by atoms with Crippen molar-refractivity contribution in [2.24, 2.45) is 0 Å². The molecule has 0 aliphatic heterocycles. The van der Waals surface area contributed by atoms with Crippen LogP contribution in [0.5, 0.6) is 0 Å². The van der Waals surface area contributed by atoms with Gasteiger partial charge in [0.2, 0.25) is 0 Å². The number of thiazole rings is 1. The van der Waals surface area contributed by atoms with E-state index in [9.17, 15) is 8.42 Å². The number of sulfone groups is 1. The van der Waals surface area contributed by atoms with E-state index in [-0.39, 0.29) is 16.5 Å². The highest BCUT2D eigenvalue weighted by molar-refractivity contribution is 7.91. The molecule has 2 aromatic rings. The minimum Gasteiger partial charge on any atom is -0.382 e. The molecule has 0 aliphatic rings. The van der Waals surface area contributed by atoms with Crippen LogP contribution in [0.15, 0.2) is 10.3 Å². The number of hydrogen-bond acceptors (Lipinski definition) is 8. The first-order chi connectivity index (χ1) is 9.94. The minimum absolute atomic E-state index is 0.0793. The molecule has 0 saturated heterocycles. The van der Waals surface area contributed by atoms with Crippen molar-refractivity contribution in [3.63, 3.8) is 0 Å². The quantitative estimate of drug-likeness (QED) is 0.798. The summed E-state index contributed by atoms with van der Waals surface area (Å²) in [7, 11) is -3.37. The lowest BCUT2D eigenvalue weighted by molar-refractivity contribution is 0.595. The van der Waals surface area contributed by atoms with Crippen LogP contribution in [0.4, 0.5) is 10.8 Å². The molecule has 2 rings (SSSR count). The Bertz CT molecular complexity index is 706. The normalized spacial score (nSPS) is 11.7. The lowest BCUT2D eigenvalue weighted by Crippen LogP contribution is -2.12. The zero-order chi connectivity index (χ0) is 15.5. The van der Waals surface area contributed by atoms with Gasteiger partial charge in [-0.25, -0.2) is 13.4 Å². The van der Waals surface area contributed by atoms with Crippen LogP contribution in [0.3, 0.4) is 0 Å². The van der Waals surface area contributed by atoms with Crippen LogP contribution in [-0.2, 0) is 16.3 Å². The third-order valence-corrected chi connectivity index (χ3v) is 6.70. The summed E-state index contributed by atoms with van der Waals surface area (Å²) in [4.78, 5) is 4.51. The summed E-state index contributed by atoms with van der Waals surface area (Å²) in [6.07, 6.45) is 1.29. The number of aryl methyl sites for hydroxylation is 1. The monoisotopic (exact) mass is 346 g/mol.